The number of rotatable bonds is 2. The van der Waals surface area contributed by atoms with E-state index in [0.29, 0.717) is 24.2 Å². The fourth-order valence-corrected chi connectivity index (χ4v) is 3.10. The minimum Gasteiger partial charge on any atom is -0.481 e. The van der Waals surface area contributed by atoms with Crippen LogP contribution in [0, 0.1) is 30.5 Å². The number of carboxylic acid groups (broad SMARTS) is 1. The number of piperidine rings is 1. The highest BCUT2D eigenvalue weighted by atomic mass is 19.1. The molecule has 5 heteroatoms. The van der Waals surface area contributed by atoms with Crippen LogP contribution in [-0.4, -0.2) is 35.0 Å². The summed E-state index contributed by atoms with van der Waals surface area (Å²) in [6.07, 6.45) is 0. The second kappa shape index (κ2) is 4.05. The Labute approximate surface area is 109 Å². The van der Waals surface area contributed by atoms with E-state index in [1.165, 1.54) is 12.1 Å². The van der Waals surface area contributed by atoms with Gasteiger partial charge in [0.25, 0.3) is 5.91 Å². The van der Waals surface area contributed by atoms with Crippen molar-refractivity contribution in [2.24, 2.45) is 17.8 Å². The molecule has 1 saturated carbocycles. The van der Waals surface area contributed by atoms with Gasteiger partial charge in [-0.1, -0.05) is 0 Å². The molecule has 4 nitrogen and oxygen atoms in total. The molecule has 0 radical (unpaired) electrons. The quantitative estimate of drug-likeness (QED) is 0.880. The maximum Gasteiger partial charge on any atom is 0.307 e. The van der Waals surface area contributed by atoms with Crippen molar-refractivity contribution in [3.8, 4) is 0 Å². The molecule has 1 amide bonds. The zero-order chi connectivity index (χ0) is 13.7. The van der Waals surface area contributed by atoms with E-state index in [-0.39, 0.29) is 23.7 Å². The Kier molecular flexibility index (Phi) is 2.59. The Balaban J connectivity index is 1.72. The summed E-state index contributed by atoms with van der Waals surface area (Å²) in [7, 11) is 0. The van der Waals surface area contributed by atoms with Crippen LogP contribution in [0.4, 0.5) is 4.39 Å². The normalized spacial score (nSPS) is 28.1. The van der Waals surface area contributed by atoms with E-state index < -0.39 is 11.8 Å². The predicted octanol–water partition coefficient (Wildman–Crippen LogP) is 1.54. The van der Waals surface area contributed by atoms with Gasteiger partial charge in [-0.15, -0.1) is 0 Å². The summed E-state index contributed by atoms with van der Waals surface area (Å²) in [4.78, 5) is 24.7. The zero-order valence-electron chi connectivity index (χ0n) is 10.5. The number of hydrogen-bond donors (Lipinski definition) is 1. The van der Waals surface area contributed by atoms with E-state index in [4.69, 9.17) is 5.11 Å². The Hall–Kier alpha value is -1.91. The van der Waals surface area contributed by atoms with Crippen LogP contribution in [0.25, 0.3) is 0 Å². The summed E-state index contributed by atoms with van der Waals surface area (Å²) in [6, 6.07) is 4.26. The smallest absolute Gasteiger partial charge is 0.307 e. The van der Waals surface area contributed by atoms with E-state index in [1.54, 1.807) is 17.9 Å². The van der Waals surface area contributed by atoms with Gasteiger partial charge in [-0.25, -0.2) is 4.39 Å². The van der Waals surface area contributed by atoms with Crippen molar-refractivity contribution >= 4 is 11.9 Å². The van der Waals surface area contributed by atoms with Crippen LogP contribution in [0.15, 0.2) is 18.2 Å². The molecule has 1 aromatic rings. The summed E-state index contributed by atoms with van der Waals surface area (Å²) < 4.78 is 13.3. The van der Waals surface area contributed by atoms with Crippen LogP contribution in [0.3, 0.4) is 0 Å². The first-order valence-corrected chi connectivity index (χ1v) is 6.26. The van der Waals surface area contributed by atoms with Crippen LogP contribution in [-0.2, 0) is 4.79 Å². The summed E-state index contributed by atoms with van der Waals surface area (Å²) >= 11 is 0. The Morgan fingerprint density at radius 2 is 1.89 bits per heavy atom. The lowest BCUT2D eigenvalue weighted by Gasteiger charge is -2.19. The van der Waals surface area contributed by atoms with Gasteiger partial charge < -0.3 is 10.0 Å². The standard InChI is InChI=1S/C14H14FNO3/c1-7-2-8(4-9(15)3-7)13(17)16-5-10-11(6-16)12(10)14(18)19/h2-4,10-12H,5-6H2,1H3,(H,18,19)/t10-,11+,12?. The highest BCUT2D eigenvalue weighted by Crippen LogP contribution is 2.51. The largest absolute Gasteiger partial charge is 0.481 e. The molecule has 1 N–H and O–H groups in total. The van der Waals surface area contributed by atoms with Crippen molar-refractivity contribution in [3.05, 3.63) is 35.1 Å². The molecule has 1 aliphatic carbocycles. The second-order valence-corrected chi connectivity index (χ2v) is 5.42. The average molecular weight is 263 g/mol. The van der Waals surface area contributed by atoms with E-state index >= 15 is 0 Å². The molecule has 0 aromatic heterocycles. The molecule has 3 atom stereocenters. The third-order valence-electron chi connectivity index (χ3n) is 4.06. The van der Waals surface area contributed by atoms with Gasteiger partial charge in [0, 0.05) is 18.7 Å². The van der Waals surface area contributed by atoms with Gasteiger partial charge in [-0.05, 0) is 42.5 Å². The third kappa shape index (κ3) is 1.99. The predicted molar refractivity (Wildman–Crippen MR) is 65.1 cm³/mol. The van der Waals surface area contributed by atoms with Crippen molar-refractivity contribution in [3.63, 3.8) is 0 Å². The number of hydrogen-bond acceptors (Lipinski definition) is 2. The molecule has 2 aliphatic rings. The molecule has 1 heterocycles. The number of likely N-dealkylation sites (tertiary alicyclic amines) is 1. The number of benzene rings is 1. The van der Waals surface area contributed by atoms with E-state index in [1.807, 2.05) is 0 Å². The molecule has 1 aromatic carbocycles. The Bertz CT molecular complexity index is 540. The van der Waals surface area contributed by atoms with Crippen molar-refractivity contribution in [2.75, 3.05) is 13.1 Å². The van der Waals surface area contributed by atoms with Crippen molar-refractivity contribution in [1.82, 2.24) is 4.90 Å². The van der Waals surface area contributed by atoms with Gasteiger partial charge in [0.15, 0.2) is 0 Å². The minimum absolute atomic E-state index is 0.0797. The van der Waals surface area contributed by atoms with Gasteiger partial charge >= 0.3 is 5.97 Å². The molecule has 0 spiro atoms. The molecular formula is C14H14FNO3. The lowest BCUT2D eigenvalue weighted by molar-refractivity contribution is -0.139. The fourth-order valence-electron chi connectivity index (χ4n) is 3.10. The zero-order valence-corrected chi connectivity index (χ0v) is 10.5. The highest BCUT2D eigenvalue weighted by Gasteiger charge is 2.60. The third-order valence-corrected chi connectivity index (χ3v) is 4.06. The van der Waals surface area contributed by atoms with Gasteiger partial charge in [0.1, 0.15) is 5.82 Å². The molecule has 3 rings (SSSR count). The number of carbonyl (C=O) groups excluding carboxylic acids is 1. The number of amides is 1. The number of fused-ring (bicyclic) bond motifs is 1. The van der Waals surface area contributed by atoms with Crippen molar-refractivity contribution in [2.45, 2.75) is 6.92 Å². The van der Waals surface area contributed by atoms with Crippen molar-refractivity contribution in [1.29, 1.82) is 0 Å². The Morgan fingerprint density at radius 3 is 2.42 bits per heavy atom. The summed E-state index contributed by atoms with van der Waals surface area (Å²) in [5.74, 6) is -1.54. The van der Waals surface area contributed by atoms with E-state index in [9.17, 15) is 14.0 Å². The summed E-state index contributed by atoms with van der Waals surface area (Å²) in [5.41, 5.74) is 1.04. The molecule has 1 unspecified atom stereocenters. The Morgan fingerprint density at radius 1 is 1.26 bits per heavy atom. The van der Waals surface area contributed by atoms with Crippen LogP contribution in [0.5, 0.6) is 0 Å². The first kappa shape index (κ1) is 12.1. The number of aliphatic carboxylic acids is 1. The molecule has 1 saturated heterocycles. The number of carboxylic acids is 1. The van der Waals surface area contributed by atoms with Gasteiger partial charge in [-0.3, -0.25) is 9.59 Å². The first-order valence-electron chi connectivity index (χ1n) is 6.26. The lowest BCUT2D eigenvalue weighted by Crippen LogP contribution is -2.32. The molecule has 0 bridgehead atoms. The molecule has 2 fully saturated rings. The summed E-state index contributed by atoms with van der Waals surface area (Å²) in [6.45, 7) is 2.67. The monoisotopic (exact) mass is 263 g/mol. The SMILES string of the molecule is Cc1cc(F)cc(C(=O)N2C[C@@H]3C(C(=O)O)[C@@H]3C2)c1. The topological polar surface area (TPSA) is 57.6 Å². The molecule has 19 heavy (non-hydrogen) atoms. The molecule has 1 aliphatic heterocycles. The average Bonchev–Trinajstić information content (AvgIpc) is 2.84. The maximum atomic E-state index is 13.3. The van der Waals surface area contributed by atoms with Crippen LogP contribution >= 0.6 is 0 Å². The fraction of sp³-hybridized carbons (Fsp3) is 0.429. The van der Waals surface area contributed by atoms with Crippen LogP contribution in [0.1, 0.15) is 15.9 Å². The highest BCUT2D eigenvalue weighted by molar-refractivity contribution is 5.95. The lowest BCUT2D eigenvalue weighted by atomic mass is 10.1. The second-order valence-electron chi connectivity index (χ2n) is 5.42. The van der Waals surface area contributed by atoms with Crippen LogP contribution < -0.4 is 0 Å². The van der Waals surface area contributed by atoms with E-state index in [0.717, 1.165) is 0 Å². The van der Waals surface area contributed by atoms with Gasteiger partial charge in [-0.2, -0.15) is 0 Å². The van der Waals surface area contributed by atoms with Crippen LogP contribution in [0.2, 0.25) is 0 Å². The van der Waals surface area contributed by atoms with Crippen molar-refractivity contribution < 1.29 is 19.1 Å². The number of nitrogens with zero attached hydrogens (tertiary/aromatic N) is 1. The number of aryl methyl sites for hydroxylation is 1. The van der Waals surface area contributed by atoms with Gasteiger partial charge in [0.05, 0.1) is 5.92 Å². The molecular weight excluding hydrogens is 249 g/mol. The first-order chi connectivity index (χ1) is 8.97. The van der Waals surface area contributed by atoms with Gasteiger partial charge in [0.2, 0.25) is 0 Å². The van der Waals surface area contributed by atoms with E-state index in [2.05, 4.69) is 0 Å². The summed E-state index contributed by atoms with van der Waals surface area (Å²) in [5, 5.41) is 8.92. The molecule has 100 valence electrons. The minimum atomic E-state index is -0.774. The number of halogens is 1. The maximum absolute atomic E-state index is 13.3. The number of carbonyl (C=O) groups is 2.